The van der Waals surface area contributed by atoms with E-state index in [2.05, 4.69) is 48.5 Å². The SMILES string of the molecule is CCN(CC)[SiH2]N([SiH](C)C)[SiH](C)C. The number of nitrogens with zero attached hydrogens (tertiary/aromatic N) is 2. The van der Waals surface area contributed by atoms with Crippen LogP contribution in [0.15, 0.2) is 0 Å². The minimum absolute atomic E-state index is 0.0656. The van der Waals surface area contributed by atoms with Crippen LogP contribution in [0.25, 0.3) is 0 Å². The number of hydrogen-bond donors (Lipinski definition) is 0. The van der Waals surface area contributed by atoms with Crippen LogP contribution in [0.3, 0.4) is 0 Å². The van der Waals surface area contributed by atoms with Gasteiger partial charge in [0.2, 0.25) is 0 Å². The van der Waals surface area contributed by atoms with Gasteiger partial charge in [-0.1, -0.05) is 40.0 Å². The topological polar surface area (TPSA) is 6.48 Å². The Morgan fingerprint density at radius 3 is 1.54 bits per heavy atom. The van der Waals surface area contributed by atoms with Gasteiger partial charge in [-0.2, -0.15) is 0 Å². The molecule has 0 fully saturated rings. The lowest BCUT2D eigenvalue weighted by molar-refractivity contribution is 0.478. The molecule has 0 aliphatic carbocycles. The Labute approximate surface area is 89.7 Å². The fraction of sp³-hybridized carbons (Fsp3) is 1.00. The zero-order chi connectivity index (χ0) is 10.4. The summed E-state index contributed by atoms with van der Waals surface area (Å²) in [5, 5.41) is 0. The molecule has 0 aliphatic heterocycles. The summed E-state index contributed by atoms with van der Waals surface area (Å²) in [6.07, 6.45) is 0. The number of rotatable bonds is 6. The van der Waals surface area contributed by atoms with Crippen LogP contribution in [0.5, 0.6) is 0 Å². The van der Waals surface area contributed by atoms with Crippen molar-refractivity contribution in [1.29, 1.82) is 0 Å². The van der Waals surface area contributed by atoms with Gasteiger partial charge in [0.15, 0.2) is 9.84 Å². The van der Waals surface area contributed by atoms with Gasteiger partial charge in [-0.25, -0.2) is 0 Å². The Morgan fingerprint density at radius 2 is 1.31 bits per heavy atom. The molecule has 5 heteroatoms. The van der Waals surface area contributed by atoms with E-state index < -0.39 is 17.9 Å². The lowest BCUT2D eigenvalue weighted by Gasteiger charge is -2.34. The van der Waals surface area contributed by atoms with E-state index in [1.54, 1.807) is 0 Å². The first-order chi connectivity index (χ1) is 6.02. The van der Waals surface area contributed by atoms with E-state index >= 15 is 0 Å². The van der Waals surface area contributed by atoms with E-state index in [9.17, 15) is 0 Å². The van der Waals surface area contributed by atoms with Gasteiger partial charge in [0.1, 0.15) is 0 Å². The Kier molecular flexibility index (Phi) is 7.25. The molecule has 0 atom stereocenters. The summed E-state index contributed by atoms with van der Waals surface area (Å²) >= 11 is 0. The molecule has 0 N–H and O–H groups in total. The Bertz CT molecular complexity index is 119. The standard InChI is InChI=1S/C8H26N2Si3/c1-7-9(8-2)11-10(12(3)4)13(5)6/h12-13H,7-8,11H2,1-6H3. The monoisotopic (exact) mass is 234 g/mol. The normalized spacial score (nSPS) is 13.4. The molecule has 2 nitrogen and oxygen atoms in total. The van der Waals surface area contributed by atoms with Crippen LogP contribution in [0.4, 0.5) is 0 Å². The molecule has 0 saturated heterocycles. The third kappa shape index (κ3) is 5.12. The van der Waals surface area contributed by atoms with Gasteiger partial charge in [-0.05, 0) is 13.1 Å². The van der Waals surface area contributed by atoms with Crippen LogP contribution in [-0.2, 0) is 0 Å². The van der Waals surface area contributed by atoms with Gasteiger partial charge >= 0.3 is 0 Å². The van der Waals surface area contributed by atoms with Crippen molar-refractivity contribution in [2.45, 2.75) is 40.0 Å². The molecule has 0 aromatic carbocycles. The first-order valence-electron chi connectivity index (χ1n) is 5.50. The van der Waals surface area contributed by atoms with Crippen LogP contribution in [0, 0.1) is 0 Å². The summed E-state index contributed by atoms with van der Waals surface area (Å²) in [5.74, 6) is 0. The van der Waals surface area contributed by atoms with Crippen LogP contribution in [-0.4, -0.2) is 49.3 Å². The summed E-state index contributed by atoms with van der Waals surface area (Å²) in [7, 11) is -1.09. The molecule has 0 aromatic rings. The molecular weight excluding hydrogens is 208 g/mol. The van der Waals surface area contributed by atoms with Gasteiger partial charge in [0, 0.05) is 0 Å². The molecule has 0 bridgehead atoms. The molecule has 80 valence electrons. The zero-order valence-corrected chi connectivity index (χ0v) is 13.9. The van der Waals surface area contributed by atoms with Crippen molar-refractivity contribution in [2.24, 2.45) is 0 Å². The fourth-order valence-corrected chi connectivity index (χ4v) is 11.2. The first kappa shape index (κ1) is 13.6. The molecule has 0 radical (unpaired) electrons. The van der Waals surface area contributed by atoms with E-state index in [0.29, 0.717) is 0 Å². The van der Waals surface area contributed by atoms with E-state index in [1.807, 2.05) is 0 Å². The van der Waals surface area contributed by atoms with Gasteiger partial charge in [0.05, 0.1) is 17.9 Å². The highest BCUT2D eigenvalue weighted by atomic mass is 28.4. The highest BCUT2D eigenvalue weighted by Gasteiger charge is 2.17. The minimum atomic E-state index is -0.512. The van der Waals surface area contributed by atoms with Crippen molar-refractivity contribution in [1.82, 2.24) is 8.46 Å². The molecule has 0 aliphatic rings. The second kappa shape index (κ2) is 6.94. The number of hydrogen-bond acceptors (Lipinski definition) is 2. The molecule has 0 aromatic heterocycles. The third-order valence-corrected chi connectivity index (χ3v) is 15.8. The van der Waals surface area contributed by atoms with E-state index in [0.717, 1.165) is 0 Å². The Balaban J connectivity index is 4.08. The summed E-state index contributed by atoms with van der Waals surface area (Å²) in [6.45, 7) is 17.0. The third-order valence-electron chi connectivity index (χ3n) is 2.58. The van der Waals surface area contributed by atoms with Crippen molar-refractivity contribution in [3.05, 3.63) is 0 Å². The molecule has 0 heterocycles. The molecule has 0 saturated carbocycles. The van der Waals surface area contributed by atoms with E-state index in [4.69, 9.17) is 0 Å². The molecule has 0 unspecified atom stereocenters. The maximum absolute atomic E-state index is 2.94. The van der Waals surface area contributed by atoms with Gasteiger partial charge in [-0.3, -0.25) is 0 Å². The van der Waals surface area contributed by atoms with Gasteiger partial charge in [0.25, 0.3) is 0 Å². The summed E-state index contributed by atoms with van der Waals surface area (Å²) in [4.78, 5) is 0. The zero-order valence-electron chi connectivity index (χ0n) is 10.2. The average molecular weight is 235 g/mol. The van der Waals surface area contributed by atoms with Crippen LogP contribution >= 0.6 is 0 Å². The van der Waals surface area contributed by atoms with E-state index in [1.165, 1.54) is 13.1 Å². The first-order valence-corrected chi connectivity index (χ1v) is 12.4. The van der Waals surface area contributed by atoms with Crippen molar-refractivity contribution in [2.75, 3.05) is 13.1 Å². The molecule has 0 spiro atoms. The average Bonchev–Trinajstić information content (AvgIpc) is 2.05. The van der Waals surface area contributed by atoms with Gasteiger partial charge < -0.3 is 8.46 Å². The largest absolute Gasteiger partial charge is 0.366 e. The smallest absolute Gasteiger partial charge is 0.159 e. The summed E-state index contributed by atoms with van der Waals surface area (Å²) in [5.41, 5.74) is 0. The predicted octanol–water partition coefficient (Wildman–Crippen LogP) is 0.596. The van der Waals surface area contributed by atoms with Gasteiger partial charge in [-0.15, -0.1) is 0 Å². The highest BCUT2D eigenvalue weighted by molar-refractivity contribution is 6.79. The predicted molar refractivity (Wildman–Crippen MR) is 71.1 cm³/mol. The Morgan fingerprint density at radius 1 is 0.923 bits per heavy atom. The van der Waals surface area contributed by atoms with Crippen LogP contribution < -0.4 is 0 Å². The summed E-state index contributed by atoms with van der Waals surface area (Å²) in [6, 6.07) is 0. The van der Waals surface area contributed by atoms with Crippen LogP contribution in [0.1, 0.15) is 13.8 Å². The quantitative estimate of drug-likeness (QED) is 0.621. The maximum atomic E-state index is 2.94. The molecule has 0 amide bonds. The molecular formula is C8H26N2Si3. The fourth-order valence-electron chi connectivity index (χ4n) is 1.58. The van der Waals surface area contributed by atoms with Crippen molar-refractivity contribution in [3.8, 4) is 0 Å². The van der Waals surface area contributed by atoms with Crippen molar-refractivity contribution in [3.63, 3.8) is 0 Å². The second-order valence-corrected chi connectivity index (χ2v) is 13.8. The summed E-state index contributed by atoms with van der Waals surface area (Å²) < 4.78 is 5.60. The van der Waals surface area contributed by atoms with Crippen molar-refractivity contribution < 1.29 is 0 Å². The lowest BCUT2D eigenvalue weighted by Crippen LogP contribution is -2.52. The van der Waals surface area contributed by atoms with Crippen LogP contribution in [0.2, 0.25) is 26.2 Å². The minimum Gasteiger partial charge on any atom is -0.366 e. The Hall–Kier alpha value is 0.571. The highest BCUT2D eigenvalue weighted by Crippen LogP contribution is 1.99. The second-order valence-electron chi connectivity index (χ2n) is 4.15. The molecule has 0 rings (SSSR count). The lowest BCUT2D eigenvalue weighted by atomic mass is 10.7. The molecule has 13 heavy (non-hydrogen) atoms. The van der Waals surface area contributed by atoms with E-state index in [-0.39, 0.29) is 9.84 Å². The van der Waals surface area contributed by atoms with Crippen molar-refractivity contribution >= 4 is 27.8 Å². The maximum Gasteiger partial charge on any atom is 0.159 e.